The Morgan fingerprint density at radius 1 is 1.24 bits per heavy atom. The lowest BCUT2D eigenvalue weighted by atomic mass is 9.87. The van der Waals surface area contributed by atoms with E-state index in [9.17, 15) is 18.7 Å². The number of halogens is 2. The molecule has 152 valence electrons. The average Bonchev–Trinajstić information content (AvgIpc) is 3.30. The molecule has 8 heteroatoms. The molecule has 1 aliphatic heterocycles. The summed E-state index contributed by atoms with van der Waals surface area (Å²) in [6.07, 6.45) is 3.21. The van der Waals surface area contributed by atoms with Gasteiger partial charge in [-0.15, -0.1) is 0 Å². The first kappa shape index (κ1) is 18.0. The zero-order valence-electron chi connectivity index (χ0n) is 15.6. The molecule has 2 aromatic heterocycles. The summed E-state index contributed by atoms with van der Waals surface area (Å²) in [5, 5.41) is 14.8. The zero-order chi connectivity index (χ0) is 20.1. The Morgan fingerprint density at radius 2 is 2.07 bits per heavy atom. The van der Waals surface area contributed by atoms with Gasteiger partial charge in [-0.25, -0.2) is 0 Å². The Hall–Kier alpha value is -3.03. The van der Waals surface area contributed by atoms with Crippen molar-refractivity contribution in [2.45, 2.75) is 50.2 Å². The molecule has 3 aromatic rings. The van der Waals surface area contributed by atoms with Gasteiger partial charge >= 0.3 is 6.43 Å². The Bertz CT molecular complexity index is 1060. The van der Waals surface area contributed by atoms with Gasteiger partial charge in [0.15, 0.2) is 5.88 Å². The van der Waals surface area contributed by atoms with Crippen LogP contribution in [0.15, 0.2) is 41.1 Å². The van der Waals surface area contributed by atoms with E-state index in [1.54, 1.807) is 24.4 Å². The van der Waals surface area contributed by atoms with Gasteiger partial charge in [0.2, 0.25) is 0 Å². The molecule has 1 fully saturated rings. The topological polar surface area (TPSA) is 81.5 Å². The number of amides is 1. The monoisotopic (exact) mass is 401 g/mol. The minimum atomic E-state index is -3.14. The van der Waals surface area contributed by atoms with Gasteiger partial charge in [-0.1, -0.05) is 31.0 Å². The molecular weight excluding hydrogens is 380 g/mol. The van der Waals surface area contributed by atoms with E-state index in [0.29, 0.717) is 28.8 Å². The SMILES string of the molecule is O=C(C(F)F)N1[C@H](c2cccc3ccoc23)c2c(c[nH]c2O)N[C@@H]2CCCC[C@H]21. The summed E-state index contributed by atoms with van der Waals surface area (Å²) in [5.74, 6) is -1.38. The summed E-state index contributed by atoms with van der Waals surface area (Å²) in [4.78, 5) is 16.9. The van der Waals surface area contributed by atoms with E-state index in [1.807, 2.05) is 6.07 Å². The number of fused-ring (bicyclic) bond motifs is 3. The third kappa shape index (κ3) is 2.77. The first-order chi connectivity index (χ1) is 14.1. The molecular formula is C21H21F2N3O3. The summed E-state index contributed by atoms with van der Waals surface area (Å²) in [7, 11) is 0. The predicted octanol–water partition coefficient (Wildman–Crippen LogP) is 4.39. The first-order valence-electron chi connectivity index (χ1n) is 9.79. The van der Waals surface area contributed by atoms with Gasteiger partial charge in [-0.2, -0.15) is 8.78 Å². The smallest absolute Gasteiger partial charge is 0.315 e. The number of nitrogens with zero attached hydrogens (tertiary/aromatic N) is 1. The van der Waals surface area contributed by atoms with Crippen molar-refractivity contribution in [1.82, 2.24) is 9.88 Å². The number of para-hydroxylation sites is 1. The second-order valence-electron chi connectivity index (χ2n) is 7.70. The lowest BCUT2D eigenvalue weighted by molar-refractivity contribution is -0.148. The number of rotatable bonds is 2. The van der Waals surface area contributed by atoms with E-state index in [0.717, 1.165) is 24.6 Å². The number of H-pyrrole nitrogens is 1. The standard InChI is InChI=1S/C21H21F2N3O3/c22-19(23)21(28)26-15-7-2-1-6-13(15)25-14-10-24-20(27)16(14)17(26)12-5-3-4-11-8-9-29-18(11)12/h3-5,8-10,13,15,17,19,24-25,27H,1-2,6-7H2/t13-,15-,17-/m1/s1. The third-order valence-corrected chi connectivity index (χ3v) is 6.12. The van der Waals surface area contributed by atoms with Crippen LogP contribution < -0.4 is 5.32 Å². The van der Waals surface area contributed by atoms with Crippen LogP contribution >= 0.6 is 0 Å². The molecule has 1 aromatic carbocycles. The average molecular weight is 401 g/mol. The Labute approximate surface area is 165 Å². The van der Waals surface area contributed by atoms with Crippen molar-refractivity contribution in [3.63, 3.8) is 0 Å². The van der Waals surface area contributed by atoms with E-state index in [4.69, 9.17) is 4.42 Å². The summed E-state index contributed by atoms with van der Waals surface area (Å²) in [5.41, 5.74) is 2.10. The van der Waals surface area contributed by atoms with Gasteiger partial charge in [0, 0.05) is 23.2 Å². The number of carbonyl (C=O) groups excluding carboxylic acids is 1. The van der Waals surface area contributed by atoms with Crippen LogP contribution in [-0.2, 0) is 4.79 Å². The Kier molecular flexibility index (Phi) is 4.22. The fourth-order valence-corrected chi connectivity index (χ4v) is 4.90. The van der Waals surface area contributed by atoms with Crippen LogP contribution in [-0.4, -0.2) is 39.4 Å². The van der Waals surface area contributed by atoms with Crippen molar-refractivity contribution in [1.29, 1.82) is 0 Å². The van der Waals surface area contributed by atoms with E-state index >= 15 is 0 Å². The van der Waals surface area contributed by atoms with Crippen molar-refractivity contribution in [3.8, 4) is 5.88 Å². The number of aromatic nitrogens is 1. The zero-order valence-corrected chi connectivity index (χ0v) is 15.6. The normalized spacial score (nSPS) is 24.1. The number of carbonyl (C=O) groups is 1. The number of aromatic hydroxyl groups is 1. The highest BCUT2D eigenvalue weighted by molar-refractivity contribution is 5.86. The van der Waals surface area contributed by atoms with E-state index in [2.05, 4.69) is 10.3 Å². The lowest BCUT2D eigenvalue weighted by Gasteiger charge is -2.41. The van der Waals surface area contributed by atoms with Gasteiger partial charge in [0.1, 0.15) is 5.58 Å². The molecule has 3 heterocycles. The molecule has 29 heavy (non-hydrogen) atoms. The molecule has 0 bridgehead atoms. The number of hydrogen-bond acceptors (Lipinski definition) is 4. The quantitative estimate of drug-likeness (QED) is 0.595. The highest BCUT2D eigenvalue weighted by atomic mass is 19.3. The highest BCUT2D eigenvalue weighted by Gasteiger charge is 2.46. The summed E-state index contributed by atoms with van der Waals surface area (Å²) < 4.78 is 33.2. The molecule has 1 aliphatic carbocycles. The molecule has 3 N–H and O–H groups in total. The van der Waals surface area contributed by atoms with Crippen molar-refractivity contribution >= 4 is 22.6 Å². The van der Waals surface area contributed by atoms with Crippen molar-refractivity contribution in [3.05, 3.63) is 47.9 Å². The van der Waals surface area contributed by atoms with Crippen LogP contribution in [0.4, 0.5) is 14.5 Å². The summed E-state index contributed by atoms with van der Waals surface area (Å²) in [6.45, 7) is 0. The Morgan fingerprint density at radius 3 is 2.90 bits per heavy atom. The molecule has 1 amide bonds. The van der Waals surface area contributed by atoms with Crippen LogP contribution in [0.25, 0.3) is 11.0 Å². The van der Waals surface area contributed by atoms with Crippen LogP contribution in [0, 0.1) is 0 Å². The molecule has 3 atom stereocenters. The van der Waals surface area contributed by atoms with Gasteiger partial charge in [-0.05, 0) is 18.9 Å². The van der Waals surface area contributed by atoms with Gasteiger partial charge < -0.3 is 24.7 Å². The molecule has 6 nitrogen and oxygen atoms in total. The minimum absolute atomic E-state index is 0.147. The van der Waals surface area contributed by atoms with Crippen LogP contribution in [0.1, 0.15) is 42.9 Å². The summed E-state index contributed by atoms with van der Waals surface area (Å²) >= 11 is 0. The van der Waals surface area contributed by atoms with Crippen molar-refractivity contribution in [2.24, 2.45) is 0 Å². The number of anilines is 1. The van der Waals surface area contributed by atoms with Crippen LogP contribution in [0.5, 0.6) is 5.88 Å². The number of nitrogens with one attached hydrogen (secondary N) is 2. The first-order valence-corrected chi connectivity index (χ1v) is 9.79. The fourth-order valence-electron chi connectivity index (χ4n) is 4.90. The maximum atomic E-state index is 13.7. The van der Waals surface area contributed by atoms with E-state index in [-0.39, 0.29) is 11.9 Å². The molecule has 1 saturated carbocycles. The van der Waals surface area contributed by atoms with Crippen LogP contribution in [0.3, 0.4) is 0 Å². The van der Waals surface area contributed by atoms with E-state index in [1.165, 1.54) is 11.2 Å². The molecule has 0 unspecified atom stereocenters. The van der Waals surface area contributed by atoms with E-state index < -0.39 is 24.4 Å². The largest absolute Gasteiger partial charge is 0.494 e. The van der Waals surface area contributed by atoms with Crippen LogP contribution in [0.2, 0.25) is 0 Å². The molecule has 0 radical (unpaired) electrons. The molecule has 0 saturated heterocycles. The maximum Gasteiger partial charge on any atom is 0.315 e. The van der Waals surface area contributed by atoms with Gasteiger partial charge in [0.05, 0.1) is 29.6 Å². The summed E-state index contributed by atoms with van der Waals surface area (Å²) in [6, 6.07) is 5.74. The third-order valence-electron chi connectivity index (χ3n) is 6.12. The molecule has 0 spiro atoms. The highest BCUT2D eigenvalue weighted by Crippen LogP contribution is 2.47. The fraction of sp³-hybridized carbons (Fsp3) is 0.381. The number of furan rings is 1. The number of aromatic amines is 1. The second kappa shape index (κ2) is 6.79. The number of hydrogen-bond donors (Lipinski definition) is 3. The number of alkyl halides is 2. The maximum absolute atomic E-state index is 13.7. The lowest BCUT2D eigenvalue weighted by Crippen LogP contribution is -2.52. The Balaban J connectivity index is 1.78. The van der Waals surface area contributed by atoms with Crippen molar-refractivity contribution < 1.29 is 23.1 Å². The predicted molar refractivity (Wildman–Crippen MR) is 103 cm³/mol. The molecule has 2 aliphatic rings. The van der Waals surface area contributed by atoms with Gasteiger partial charge in [-0.3, -0.25) is 4.79 Å². The van der Waals surface area contributed by atoms with Crippen molar-refractivity contribution in [2.75, 3.05) is 5.32 Å². The molecule has 5 rings (SSSR count). The number of benzene rings is 1. The van der Waals surface area contributed by atoms with Gasteiger partial charge in [0.25, 0.3) is 5.91 Å². The second-order valence-corrected chi connectivity index (χ2v) is 7.70. The minimum Gasteiger partial charge on any atom is -0.494 e.